The van der Waals surface area contributed by atoms with Crippen LogP contribution in [0.15, 0.2) is 30.3 Å². The van der Waals surface area contributed by atoms with Gasteiger partial charge in [0.15, 0.2) is 0 Å². The van der Waals surface area contributed by atoms with E-state index in [0.717, 1.165) is 25.3 Å². The Hall–Kier alpha value is -1.55. The van der Waals surface area contributed by atoms with Gasteiger partial charge in [0.2, 0.25) is 0 Å². The molecule has 0 atom stereocenters. The number of para-hydroxylation sites is 1. The molecule has 0 saturated carbocycles. The molecule has 0 aliphatic carbocycles. The SMILES string of the molecule is CCCCN(CC)CCN(C(N)=O)c1ccccc1. The third-order valence-corrected chi connectivity index (χ3v) is 3.25. The molecule has 0 aliphatic rings. The number of anilines is 1. The molecule has 106 valence electrons. The fourth-order valence-electron chi connectivity index (χ4n) is 2.03. The Balaban J connectivity index is 2.57. The number of amides is 2. The second kappa shape index (κ2) is 8.53. The van der Waals surface area contributed by atoms with Gasteiger partial charge >= 0.3 is 6.03 Å². The van der Waals surface area contributed by atoms with Crippen molar-refractivity contribution in [2.45, 2.75) is 26.7 Å². The van der Waals surface area contributed by atoms with E-state index in [2.05, 4.69) is 18.7 Å². The predicted octanol–water partition coefficient (Wildman–Crippen LogP) is 2.69. The fraction of sp³-hybridized carbons (Fsp3) is 0.533. The number of unbranched alkanes of at least 4 members (excludes halogenated alkanes) is 1. The van der Waals surface area contributed by atoms with E-state index in [1.807, 2.05) is 30.3 Å². The number of hydrogen-bond acceptors (Lipinski definition) is 2. The molecule has 1 aromatic carbocycles. The van der Waals surface area contributed by atoms with Crippen molar-refractivity contribution in [2.75, 3.05) is 31.1 Å². The maximum absolute atomic E-state index is 11.5. The van der Waals surface area contributed by atoms with Crippen LogP contribution in [-0.2, 0) is 0 Å². The Morgan fingerprint density at radius 2 is 1.79 bits per heavy atom. The quantitative estimate of drug-likeness (QED) is 0.784. The van der Waals surface area contributed by atoms with Crippen molar-refractivity contribution in [1.29, 1.82) is 0 Å². The molecule has 4 nitrogen and oxygen atoms in total. The zero-order chi connectivity index (χ0) is 14.1. The van der Waals surface area contributed by atoms with Crippen molar-refractivity contribution in [1.82, 2.24) is 4.90 Å². The van der Waals surface area contributed by atoms with Gasteiger partial charge in [0.25, 0.3) is 0 Å². The van der Waals surface area contributed by atoms with E-state index in [0.29, 0.717) is 6.54 Å². The molecule has 0 heterocycles. The van der Waals surface area contributed by atoms with Crippen molar-refractivity contribution >= 4 is 11.7 Å². The van der Waals surface area contributed by atoms with E-state index >= 15 is 0 Å². The maximum atomic E-state index is 11.5. The molecule has 0 radical (unpaired) electrons. The van der Waals surface area contributed by atoms with E-state index in [4.69, 9.17) is 5.73 Å². The molecule has 0 aliphatic heterocycles. The standard InChI is InChI=1S/C15H25N3O/c1-3-5-11-17(4-2)12-13-18(15(16)19)14-9-7-6-8-10-14/h6-10H,3-5,11-13H2,1-2H3,(H2,16,19). The first-order valence-electron chi connectivity index (χ1n) is 7.03. The second-order valence-corrected chi connectivity index (χ2v) is 4.61. The van der Waals surface area contributed by atoms with Crippen LogP contribution in [0.3, 0.4) is 0 Å². The Morgan fingerprint density at radius 1 is 1.11 bits per heavy atom. The van der Waals surface area contributed by atoms with E-state index < -0.39 is 6.03 Å². The number of nitrogens with two attached hydrogens (primary N) is 1. The summed E-state index contributed by atoms with van der Waals surface area (Å²) < 4.78 is 0. The first kappa shape index (κ1) is 15.5. The smallest absolute Gasteiger partial charge is 0.319 e. The average molecular weight is 263 g/mol. The second-order valence-electron chi connectivity index (χ2n) is 4.61. The molecule has 0 spiro atoms. The Morgan fingerprint density at radius 3 is 2.32 bits per heavy atom. The van der Waals surface area contributed by atoms with Gasteiger partial charge in [0, 0.05) is 18.8 Å². The Kier molecular flexibility index (Phi) is 6.97. The van der Waals surface area contributed by atoms with Crippen LogP contribution in [-0.4, -0.2) is 37.1 Å². The number of nitrogens with zero attached hydrogens (tertiary/aromatic N) is 2. The van der Waals surface area contributed by atoms with Crippen molar-refractivity contribution in [2.24, 2.45) is 5.73 Å². The van der Waals surface area contributed by atoms with Gasteiger partial charge in [0.1, 0.15) is 0 Å². The third kappa shape index (κ3) is 5.30. The fourth-order valence-corrected chi connectivity index (χ4v) is 2.03. The summed E-state index contributed by atoms with van der Waals surface area (Å²) >= 11 is 0. The summed E-state index contributed by atoms with van der Waals surface area (Å²) in [6.07, 6.45) is 2.38. The van der Waals surface area contributed by atoms with Crippen molar-refractivity contribution < 1.29 is 4.79 Å². The summed E-state index contributed by atoms with van der Waals surface area (Å²) in [5.41, 5.74) is 6.33. The molecule has 4 heteroatoms. The van der Waals surface area contributed by atoms with E-state index in [-0.39, 0.29) is 0 Å². The summed E-state index contributed by atoms with van der Waals surface area (Å²) in [5, 5.41) is 0. The molecule has 0 unspecified atom stereocenters. The maximum Gasteiger partial charge on any atom is 0.319 e. The van der Waals surface area contributed by atoms with Gasteiger partial charge in [0.05, 0.1) is 0 Å². The molecule has 0 bridgehead atoms. The number of urea groups is 1. The minimum Gasteiger partial charge on any atom is -0.351 e. The molecule has 0 fully saturated rings. The van der Waals surface area contributed by atoms with Crippen molar-refractivity contribution in [3.63, 3.8) is 0 Å². The van der Waals surface area contributed by atoms with Crippen LogP contribution in [0, 0.1) is 0 Å². The molecule has 2 N–H and O–H groups in total. The van der Waals surface area contributed by atoms with Crippen LogP contribution < -0.4 is 10.6 Å². The van der Waals surface area contributed by atoms with Crippen LogP contribution in [0.5, 0.6) is 0 Å². The molecule has 19 heavy (non-hydrogen) atoms. The summed E-state index contributed by atoms with van der Waals surface area (Å²) in [4.78, 5) is 15.5. The molecular weight excluding hydrogens is 238 g/mol. The van der Waals surface area contributed by atoms with E-state index in [1.165, 1.54) is 12.8 Å². The summed E-state index contributed by atoms with van der Waals surface area (Å²) in [7, 11) is 0. The number of carbonyl (C=O) groups excluding carboxylic acids is 1. The Labute approximate surface area is 116 Å². The molecule has 2 amide bonds. The minimum absolute atomic E-state index is 0.391. The topological polar surface area (TPSA) is 49.6 Å². The molecule has 1 rings (SSSR count). The van der Waals surface area contributed by atoms with E-state index in [9.17, 15) is 4.79 Å². The number of hydrogen-bond donors (Lipinski definition) is 1. The highest BCUT2D eigenvalue weighted by molar-refractivity contribution is 5.90. The van der Waals surface area contributed by atoms with Gasteiger partial charge < -0.3 is 10.6 Å². The third-order valence-electron chi connectivity index (χ3n) is 3.25. The molecular formula is C15H25N3O. The largest absolute Gasteiger partial charge is 0.351 e. The van der Waals surface area contributed by atoms with Crippen molar-refractivity contribution in [3.05, 3.63) is 30.3 Å². The van der Waals surface area contributed by atoms with Gasteiger partial charge in [-0.2, -0.15) is 0 Å². The predicted molar refractivity (Wildman–Crippen MR) is 80.4 cm³/mol. The van der Waals surface area contributed by atoms with Crippen LogP contribution in [0.25, 0.3) is 0 Å². The van der Waals surface area contributed by atoms with E-state index in [1.54, 1.807) is 4.90 Å². The Bertz CT molecular complexity index is 367. The highest BCUT2D eigenvalue weighted by Gasteiger charge is 2.13. The lowest BCUT2D eigenvalue weighted by molar-refractivity contribution is 0.250. The van der Waals surface area contributed by atoms with Gasteiger partial charge in [-0.1, -0.05) is 38.5 Å². The summed E-state index contributed by atoms with van der Waals surface area (Å²) in [6.45, 7) is 7.90. The van der Waals surface area contributed by atoms with Gasteiger partial charge in [-0.15, -0.1) is 0 Å². The highest BCUT2D eigenvalue weighted by Crippen LogP contribution is 2.12. The first-order valence-corrected chi connectivity index (χ1v) is 7.03. The highest BCUT2D eigenvalue weighted by atomic mass is 16.2. The first-order chi connectivity index (χ1) is 9.19. The zero-order valence-electron chi connectivity index (χ0n) is 12.0. The number of carbonyl (C=O) groups is 1. The lowest BCUT2D eigenvalue weighted by atomic mass is 10.3. The molecule has 0 saturated heterocycles. The van der Waals surface area contributed by atoms with Crippen LogP contribution >= 0.6 is 0 Å². The van der Waals surface area contributed by atoms with Crippen LogP contribution in [0.4, 0.5) is 10.5 Å². The average Bonchev–Trinajstić information content (AvgIpc) is 2.43. The lowest BCUT2D eigenvalue weighted by Crippen LogP contribution is -2.41. The number of benzene rings is 1. The van der Waals surface area contributed by atoms with Crippen LogP contribution in [0.2, 0.25) is 0 Å². The number of primary amides is 1. The minimum atomic E-state index is -0.391. The zero-order valence-corrected chi connectivity index (χ0v) is 12.0. The molecule has 1 aromatic rings. The lowest BCUT2D eigenvalue weighted by Gasteiger charge is -2.26. The van der Waals surface area contributed by atoms with Gasteiger partial charge in [-0.3, -0.25) is 4.90 Å². The van der Waals surface area contributed by atoms with Gasteiger partial charge in [-0.25, -0.2) is 4.79 Å². The number of rotatable bonds is 8. The number of likely N-dealkylation sites (N-methyl/N-ethyl adjacent to an activating group) is 1. The van der Waals surface area contributed by atoms with Crippen LogP contribution in [0.1, 0.15) is 26.7 Å². The summed E-state index contributed by atoms with van der Waals surface area (Å²) in [6, 6.07) is 9.19. The normalized spacial score (nSPS) is 10.7. The summed E-state index contributed by atoms with van der Waals surface area (Å²) in [5.74, 6) is 0. The van der Waals surface area contributed by atoms with Gasteiger partial charge in [-0.05, 0) is 31.6 Å². The monoisotopic (exact) mass is 263 g/mol. The molecule has 0 aromatic heterocycles. The van der Waals surface area contributed by atoms with Crippen molar-refractivity contribution in [3.8, 4) is 0 Å².